The van der Waals surface area contributed by atoms with Crippen LogP contribution in [0.2, 0.25) is 0 Å². The Hall–Kier alpha value is -0.910. The summed E-state index contributed by atoms with van der Waals surface area (Å²) >= 11 is 1.75. The molecule has 0 saturated carbocycles. The zero-order valence-electron chi connectivity index (χ0n) is 11.8. The zero-order valence-corrected chi connectivity index (χ0v) is 12.6. The minimum absolute atomic E-state index is 0.225. The van der Waals surface area contributed by atoms with E-state index < -0.39 is 0 Å². The molecule has 1 saturated heterocycles. The number of likely N-dealkylation sites (N-methyl/N-ethyl adjacent to an activating group) is 1. The van der Waals surface area contributed by atoms with E-state index in [4.69, 9.17) is 0 Å². The molecule has 2 rings (SSSR count). The summed E-state index contributed by atoms with van der Waals surface area (Å²) in [6.45, 7) is 6.26. The van der Waals surface area contributed by atoms with Crippen molar-refractivity contribution >= 4 is 17.2 Å². The highest BCUT2D eigenvalue weighted by molar-refractivity contribution is 7.10. The Bertz CT molecular complexity index is 385. The van der Waals surface area contributed by atoms with Crippen LogP contribution in [0.25, 0.3) is 0 Å². The van der Waals surface area contributed by atoms with Crippen LogP contribution in [-0.4, -0.2) is 55.5 Å². The third-order valence-electron chi connectivity index (χ3n) is 3.65. The van der Waals surface area contributed by atoms with Crippen LogP contribution in [0.15, 0.2) is 17.5 Å². The summed E-state index contributed by atoms with van der Waals surface area (Å²) in [7, 11) is 2.10. The van der Waals surface area contributed by atoms with Crippen LogP contribution in [0.5, 0.6) is 0 Å². The van der Waals surface area contributed by atoms with Crippen molar-refractivity contribution in [2.24, 2.45) is 0 Å². The number of nitrogens with one attached hydrogen (secondary N) is 1. The molecule has 0 spiro atoms. The van der Waals surface area contributed by atoms with Gasteiger partial charge in [0.05, 0.1) is 6.54 Å². The van der Waals surface area contributed by atoms with Gasteiger partial charge >= 0.3 is 0 Å². The second-order valence-corrected chi connectivity index (χ2v) is 6.02. The summed E-state index contributed by atoms with van der Waals surface area (Å²) in [4.78, 5) is 17.7. The highest BCUT2D eigenvalue weighted by Gasteiger charge is 2.19. The van der Waals surface area contributed by atoms with Crippen LogP contribution >= 0.6 is 11.3 Å². The van der Waals surface area contributed by atoms with Crippen LogP contribution in [0.3, 0.4) is 0 Å². The fourth-order valence-corrected chi connectivity index (χ4v) is 3.20. The van der Waals surface area contributed by atoms with Crippen LogP contribution in [0.4, 0.5) is 0 Å². The van der Waals surface area contributed by atoms with Crippen molar-refractivity contribution in [3.8, 4) is 0 Å². The molecule has 1 N–H and O–H groups in total. The third kappa shape index (κ3) is 4.03. The van der Waals surface area contributed by atoms with E-state index in [-0.39, 0.29) is 5.91 Å². The van der Waals surface area contributed by atoms with E-state index >= 15 is 0 Å². The van der Waals surface area contributed by atoms with Crippen molar-refractivity contribution in [2.45, 2.75) is 19.4 Å². The molecule has 0 radical (unpaired) electrons. The van der Waals surface area contributed by atoms with Gasteiger partial charge in [0, 0.05) is 37.1 Å². The summed E-state index contributed by atoms with van der Waals surface area (Å²) in [5.41, 5.74) is 0. The molecule has 1 fully saturated rings. The zero-order chi connectivity index (χ0) is 13.7. The van der Waals surface area contributed by atoms with E-state index in [1.54, 1.807) is 11.3 Å². The Morgan fingerprint density at radius 3 is 2.74 bits per heavy atom. The van der Waals surface area contributed by atoms with Crippen molar-refractivity contribution in [3.63, 3.8) is 0 Å². The molecule has 5 heteroatoms. The normalized spacial score (nSPS) is 18.5. The molecule has 0 bridgehead atoms. The fourth-order valence-electron chi connectivity index (χ4n) is 2.31. The predicted molar refractivity (Wildman–Crippen MR) is 79.4 cm³/mol. The summed E-state index contributed by atoms with van der Waals surface area (Å²) in [6.07, 6.45) is 1.01. The first kappa shape index (κ1) is 14.5. The summed E-state index contributed by atoms with van der Waals surface area (Å²) < 4.78 is 0. The van der Waals surface area contributed by atoms with Gasteiger partial charge in [0.15, 0.2) is 0 Å². The molecule has 0 aromatic carbocycles. The first-order chi connectivity index (χ1) is 9.20. The first-order valence-electron chi connectivity index (χ1n) is 6.93. The number of thiophene rings is 1. The van der Waals surface area contributed by atoms with Gasteiger partial charge in [-0.3, -0.25) is 4.79 Å². The quantitative estimate of drug-likeness (QED) is 0.890. The highest BCUT2D eigenvalue weighted by Crippen LogP contribution is 2.21. The molecule has 1 atom stereocenters. The SMILES string of the molecule is CCC(NCC(=O)N1CCN(C)CC1)c1cccs1. The second kappa shape index (κ2) is 7.03. The standard InChI is InChI=1S/C14H23N3OS/c1-3-12(13-5-4-10-19-13)15-11-14(18)17-8-6-16(2)7-9-17/h4-5,10,12,15H,3,6-9,11H2,1-2H3. The monoisotopic (exact) mass is 281 g/mol. The summed E-state index contributed by atoms with van der Waals surface area (Å²) in [6, 6.07) is 4.50. The molecule has 1 aliphatic rings. The van der Waals surface area contributed by atoms with Gasteiger partial charge in [-0.2, -0.15) is 0 Å². The molecule has 1 aliphatic heterocycles. The fraction of sp³-hybridized carbons (Fsp3) is 0.643. The molecular weight excluding hydrogens is 258 g/mol. The Kier molecular flexibility index (Phi) is 5.36. The first-order valence-corrected chi connectivity index (χ1v) is 7.81. The molecule has 106 valence electrons. The van der Waals surface area contributed by atoms with Gasteiger partial charge in [-0.15, -0.1) is 11.3 Å². The average molecular weight is 281 g/mol. The molecule has 4 nitrogen and oxygen atoms in total. The van der Waals surface area contributed by atoms with Crippen molar-refractivity contribution in [3.05, 3.63) is 22.4 Å². The largest absolute Gasteiger partial charge is 0.339 e. The number of rotatable bonds is 5. The minimum atomic E-state index is 0.225. The van der Waals surface area contributed by atoms with E-state index in [2.05, 4.69) is 41.7 Å². The number of hydrogen-bond donors (Lipinski definition) is 1. The van der Waals surface area contributed by atoms with Gasteiger partial charge < -0.3 is 15.1 Å². The van der Waals surface area contributed by atoms with Gasteiger partial charge in [0.25, 0.3) is 0 Å². The van der Waals surface area contributed by atoms with Crippen molar-refractivity contribution in [1.29, 1.82) is 0 Å². The van der Waals surface area contributed by atoms with Gasteiger partial charge in [-0.05, 0) is 24.9 Å². The number of carbonyl (C=O) groups is 1. The second-order valence-electron chi connectivity index (χ2n) is 5.04. The van der Waals surface area contributed by atoms with Crippen molar-refractivity contribution in [1.82, 2.24) is 15.1 Å². The average Bonchev–Trinajstić information content (AvgIpc) is 2.94. The van der Waals surface area contributed by atoms with E-state index in [9.17, 15) is 4.79 Å². The van der Waals surface area contributed by atoms with Gasteiger partial charge in [0.1, 0.15) is 0 Å². The molecule has 1 aromatic heterocycles. The molecule has 1 unspecified atom stereocenters. The third-order valence-corrected chi connectivity index (χ3v) is 4.64. The number of hydrogen-bond acceptors (Lipinski definition) is 4. The maximum Gasteiger partial charge on any atom is 0.236 e. The van der Waals surface area contributed by atoms with Crippen molar-refractivity contribution < 1.29 is 4.79 Å². The molecule has 0 aliphatic carbocycles. The van der Waals surface area contributed by atoms with Crippen LogP contribution in [0.1, 0.15) is 24.3 Å². The maximum absolute atomic E-state index is 12.1. The Balaban J connectivity index is 1.79. The smallest absolute Gasteiger partial charge is 0.236 e. The minimum Gasteiger partial charge on any atom is -0.339 e. The Morgan fingerprint density at radius 2 is 2.16 bits per heavy atom. The molecule has 1 amide bonds. The summed E-state index contributed by atoms with van der Waals surface area (Å²) in [5.74, 6) is 0.225. The van der Waals surface area contributed by atoms with Crippen LogP contribution in [0, 0.1) is 0 Å². The molecular formula is C14H23N3OS. The topological polar surface area (TPSA) is 35.6 Å². The lowest BCUT2D eigenvalue weighted by Crippen LogP contribution is -2.49. The van der Waals surface area contributed by atoms with E-state index in [0.717, 1.165) is 32.6 Å². The highest BCUT2D eigenvalue weighted by atomic mass is 32.1. The number of piperazine rings is 1. The lowest BCUT2D eigenvalue weighted by molar-refractivity contribution is -0.131. The number of amides is 1. The maximum atomic E-state index is 12.1. The molecule has 2 heterocycles. The number of nitrogens with zero attached hydrogens (tertiary/aromatic N) is 2. The van der Waals surface area contributed by atoms with Gasteiger partial charge in [-0.25, -0.2) is 0 Å². The Labute approximate surface area is 119 Å². The van der Waals surface area contributed by atoms with Crippen molar-refractivity contribution in [2.75, 3.05) is 39.8 Å². The van der Waals surface area contributed by atoms with Crippen LogP contribution < -0.4 is 5.32 Å². The van der Waals surface area contributed by atoms with Gasteiger partial charge in [-0.1, -0.05) is 13.0 Å². The Morgan fingerprint density at radius 1 is 1.42 bits per heavy atom. The van der Waals surface area contributed by atoms with E-state index in [0.29, 0.717) is 12.6 Å². The molecule has 1 aromatic rings. The summed E-state index contributed by atoms with van der Waals surface area (Å²) in [5, 5.41) is 5.47. The van der Waals surface area contributed by atoms with Crippen LogP contribution in [-0.2, 0) is 4.79 Å². The van der Waals surface area contributed by atoms with E-state index in [1.807, 2.05) is 4.90 Å². The predicted octanol–water partition coefficient (Wildman–Crippen LogP) is 1.56. The number of carbonyl (C=O) groups excluding carboxylic acids is 1. The lowest BCUT2D eigenvalue weighted by atomic mass is 10.2. The lowest BCUT2D eigenvalue weighted by Gasteiger charge is -2.32. The van der Waals surface area contributed by atoms with Gasteiger partial charge in [0.2, 0.25) is 5.91 Å². The van der Waals surface area contributed by atoms with E-state index in [1.165, 1.54) is 4.88 Å². The molecule has 19 heavy (non-hydrogen) atoms.